The molecular formula is C11H13N3. The molecule has 1 heterocycles. The SMILES string of the molecule is C=C[C@H](N)c1cc2cc(N)ccc2[nH]1. The molecule has 0 amide bonds. The number of fused-ring (bicyclic) bond motifs is 1. The topological polar surface area (TPSA) is 67.8 Å². The zero-order valence-corrected chi connectivity index (χ0v) is 7.83. The predicted octanol–water partition coefficient (Wildman–Crippen LogP) is 1.94. The number of aromatic amines is 1. The summed E-state index contributed by atoms with van der Waals surface area (Å²) in [4.78, 5) is 3.22. The molecule has 0 spiro atoms. The summed E-state index contributed by atoms with van der Waals surface area (Å²) in [5.74, 6) is 0. The Kier molecular flexibility index (Phi) is 2.02. The van der Waals surface area contributed by atoms with Gasteiger partial charge in [-0.05, 0) is 24.3 Å². The average molecular weight is 187 g/mol. The van der Waals surface area contributed by atoms with Crippen LogP contribution < -0.4 is 11.5 Å². The van der Waals surface area contributed by atoms with Gasteiger partial charge in [0, 0.05) is 22.3 Å². The molecule has 0 aliphatic rings. The third kappa shape index (κ3) is 1.38. The summed E-state index contributed by atoms with van der Waals surface area (Å²) in [5.41, 5.74) is 14.3. The van der Waals surface area contributed by atoms with Crippen molar-refractivity contribution >= 4 is 16.6 Å². The smallest absolute Gasteiger partial charge is 0.0631 e. The van der Waals surface area contributed by atoms with Crippen LogP contribution in [0.5, 0.6) is 0 Å². The van der Waals surface area contributed by atoms with Crippen LogP contribution in [0.2, 0.25) is 0 Å². The van der Waals surface area contributed by atoms with E-state index in [9.17, 15) is 0 Å². The quantitative estimate of drug-likeness (QED) is 0.496. The Balaban J connectivity index is 2.56. The van der Waals surface area contributed by atoms with Crippen LogP contribution in [0.4, 0.5) is 5.69 Å². The van der Waals surface area contributed by atoms with Crippen LogP contribution in [0.3, 0.4) is 0 Å². The molecule has 2 aromatic rings. The van der Waals surface area contributed by atoms with Crippen LogP contribution in [0.1, 0.15) is 11.7 Å². The van der Waals surface area contributed by atoms with Crippen LogP contribution in [0, 0.1) is 0 Å². The summed E-state index contributed by atoms with van der Waals surface area (Å²) >= 11 is 0. The summed E-state index contributed by atoms with van der Waals surface area (Å²) in [6.07, 6.45) is 1.70. The molecule has 2 rings (SSSR count). The van der Waals surface area contributed by atoms with Crippen molar-refractivity contribution in [3.05, 3.63) is 42.6 Å². The van der Waals surface area contributed by atoms with Gasteiger partial charge in [0.25, 0.3) is 0 Å². The number of rotatable bonds is 2. The Hall–Kier alpha value is -1.74. The second kappa shape index (κ2) is 3.20. The Bertz CT molecular complexity index is 470. The summed E-state index contributed by atoms with van der Waals surface area (Å²) < 4.78 is 0. The molecule has 0 radical (unpaired) electrons. The number of nitrogens with one attached hydrogen (secondary N) is 1. The first-order valence-corrected chi connectivity index (χ1v) is 4.47. The van der Waals surface area contributed by atoms with Gasteiger partial charge in [-0.3, -0.25) is 0 Å². The van der Waals surface area contributed by atoms with Gasteiger partial charge in [-0.15, -0.1) is 6.58 Å². The third-order valence-corrected chi connectivity index (χ3v) is 2.28. The lowest BCUT2D eigenvalue weighted by atomic mass is 10.2. The molecule has 14 heavy (non-hydrogen) atoms. The normalized spacial score (nSPS) is 12.9. The van der Waals surface area contributed by atoms with Crippen molar-refractivity contribution in [1.29, 1.82) is 0 Å². The zero-order chi connectivity index (χ0) is 10.1. The van der Waals surface area contributed by atoms with Crippen LogP contribution in [0.25, 0.3) is 10.9 Å². The number of hydrogen-bond donors (Lipinski definition) is 3. The third-order valence-electron chi connectivity index (χ3n) is 2.28. The molecule has 0 aliphatic heterocycles. The minimum Gasteiger partial charge on any atom is -0.399 e. The molecule has 3 nitrogen and oxygen atoms in total. The fourth-order valence-electron chi connectivity index (χ4n) is 1.48. The maximum Gasteiger partial charge on any atom is 0.0631 e. The first kappa shape index (κ1) is 8.84. The molecule has 1 aromatic heterocycles. The summed E-state index contributed by atoms with van der Waals surface area (Å²) in [5, 5.41) is 1.08. The van der Waals surface area contributed by atoms with Crippen LogP contribution >= 0.6 is 0 Å². The number of benzene rings is 1. The molecule has 1 aromatic carbocycles. The van der Waals surface area contributed by atoms with Gasteiger partial charge in [-0.1, -0.05) is 6.08 Å². The van der Waals surface area contributed by atoms with E-state index in [1.54, 1.807) is 6.08 Å². The van der Waals surface area contributed by atoms with Gasteiger partial charge in [0.1, 0.15) is 0 Å². The highest BCUT2D eigenvalue weighted by atomic mass is 14.8. The van der Waals surface area contributed by atoms with Crippen molar-refractivity contribution < 1.29 is 0 Å². The minimum atomic E-state index is -0.149. The lowest BCUT2D eigenvalue weighted by Crippen LogP contribution is -2.06. The highest BCUT2D eigenvalue weighted by Gasteiger charge is 2.05. The van der Waals surface area contributed by atoms with Gasteiger partial charge in [0.05, 0.1) is 6.04 Å². The highest BCUT2D eigenvalue weighted by Crippen LogP contribution is 2.21. The molecule has 3 heteroatoms. The molecule has 0 bridgehead atoms. The average Bonchev–Trinajstić information content (AvgIpc) is 2.59. The van der Waals surface area contributed by atoms with E-state index in [-0.39, 0.29) is 6.04 Å². The summed E-state index contributed by atoms with van der Waals surface area (Å²) in [6, 6.07) is 7.58. The van der Waals surface area contributed by atoms with Crippen LogP contribution in [-0.4, -0.2) is 4.98 Å². The molecular weight excluding hydrogens is 174 g/mol. The number of anilines is 1. The van der Waals surface area contributed by atoms with Gasteiger partial charge in [-0.25, -0.2) is 0 Å². The molecule has 72 valence electrons. The largest absolute Gasteiger partial charge is 0.399 e. The monoisotopic (exact) mass is 187 g/mol. The van der Waals surface area contributed by atoms with Crippen molar-refractivity contribution in [3.63, 3.8) is 0 Å². The second-order valence-corrected chi connectivity index (χ2v) is 3.33. The second-order valence-electron chi connectivity index (χ2n) is 3.33. The first-order chi connectivity index (χ1) is 6.70. The fraction of sp³-hybridized carbons (Fsp3) is 0.0909. The first-order valence-electron chi connectivity index (χ1n) is 4.47. The van der Waals surface area contributed by atoms with Gasteiger partial charge >= 0.3 is 0 Å². The van der Waals surface area contributed by atoms with Gasteiger partial charge < -0.3 is 16.5 Å². The van der Waals surface area contributed by atoms with Crippen molar-refractivity contribution in [2.75, 3.05) is 5.73 Å². The molecule has 1 atom stereocenters. The van der Waals surface area contributed by atoms with E-state index in [1.165, 1.54) is 0 Å². The maximum atomic E-state index is 5.82. The molecule has 0 saturated carbocycles. The Morgan fingerprint density at radius 2 is 2.14 bits per heavy atom. The van der Waals surface area contributed by atoms with E-state index >= 15 is 0 Å². The van der Waals surface area contributed by atoms with E-state index in [0.29, 0.717) is 0 Å². The predicted molar refractivity (Wildman–Crippen MR) is 59.8 cm³/mol. The number of nitrogens with two attached hydrogens (primary N) is 2. The van der Waals surface area contributed by atoms with Crippen LogP contribution in [-0.2, 0) is 0 Å². The Labute approximate surface area is 82.4 Å². The van der Waals surface area contributed by atoms with Crippen LogP contribution in [0.15, 0.2) is 36.9 Å². The Morgan fingerprint density at radius 3 is 2.86 bits per heavy atom. The number of H-pyrrole nitrogens is 1. The number of aromatic nitrogens is 1. The number of hydrogen-bond acceptors (Lipinski definition) is 2. The van der Waals surface area contributed by atoms with Gasteiger partial charge in [0.15, 0.2) is 0 Å². The number of nitrogen functional groups attached to an aromatic ring is 1. The minimum absolute atomic E-state index is 0.149. The van der Waals surface area contributed by atoms with E-state index < -0.39 is 0 Å². The van der Waals surface area contributed by atoms with Gasteiger partial charge in [-0.2, -0.15) is 0 Å². The molecule has 0 unspecified atom stereocenters. The fourth-order valence-corrected chi connectivity index (χ4v) is 1.48. The van der Waals surface area contributed by atoms with E-state index in [0.717, 1.165) is 22.3 Å². The van der Waals surface area contributed by atoms with Crippen molar-refractivity contribution in [1.82, 2.24) is 4.98 Å². The molecule has 0 aliphatic carbocycles. The summed E-state index contributed by atoms with van der Waals surface area (Å²) in [6.45, 7) is 3.66. The highest BCUT2D eigenvalue weighted by molar-refractivity contribution is 5.83. The van der Waals surface area contributed by atoms with Crippen molar-refractivity contribution in [3.8, 4) is 0 Å². The van der Waals surface area contributed by atoms with E-state index in [1.807, 2.05) is 24.3 Å². The van der Waals surface area contributed by atoms with Gasteiger partial charge in [0.2, 0.25) is 0 Å². The van der Waals surface area contributed by atoms with E-state index in [4.69, 9.17) is 11.5 Å². The molecule has 0 fully saturated rings. The summed E-state index contributed by atoms with van der Waals surface area (Å²) in [7, 11) is 0. The van der Waals surface area contributed by atoms with Crippen molar-refractivity contribution in [2.24, 2.45) is 5.73 Å². The molecule has 0 saturated heterocycles. The standard InChI is InChI=1S/C11H13N3/c1-2-9(13)11-6-7-5-8(12)3-4-10(7)14-11/h2-6,9,14H,1,12-13H2/t9-/m0/s1. The lowest BCUT2D eigenvalue weighted by Gasteiger charge is -2.00. The Morgan fingerprint density at radius 1 is 1.36 bits per heavy atom. The molecule has 5 N–H and O–H groups in total. The van der Waals surface area contributed by atoms with Crippen molar-refractivity contribution in [2.45, 2.75) is 6.04 Å². The van der Waals surface area contributed by atoms with E-state index in [2.05, 4.69) is 11.6 Å². The lowest BCUT2D eigenvalue weighted by molar-refractivity contribution is 0.880. The zero-order valence-electron chi connectivity index (χ0n) is 7.83. The maximum absolute atomic E-state index is 5.82.